The van der Waals surface area contributed by atoms with Crippen LogP contribution in [0.25, 0.3) is 0 Å². The molecule has 0 aromatic heterocycles. The second kappa shape index (κ2) is 5.69. The Hall–Kier alpha value is -2.10. The van der Waals surface area contributed by atoms with Crippen molar-refractivity contribution in [3.8, 4) is 0 Å². The molecule has 0 fully saturated rings. The van der Waals surface area contributed by atoms with Gasteiger partial charge in [-0.3, -0.25) is 0 Å². The highest BCUT2D eigenvalue weighted by Gasteiger charge is 2.09. The molecule has 0 amide bonds. The van der Waals surface area contributed by atoms with E-state index in [9.17, 15) is 8.78 Å². The van der Waals surface area contributed by atoms with Crippen molar-refractivity contribution in [2.75, 3.05) is 17.2 Å². The van der Waals surface area contributed by atoms with Gasteiger partial charge in [0.15, 0.2) is 0 Å². The summed E-state index contributed by atoms with van der Waals surface area (Å²) < 4.78 is 26.2. The molecule has 0 aliphatic carbocycles. The number of hydrogen-bond acceptors (Lipinski definition) is 2. The van der Waals surface area contributed by atoms with Crippen molar-refractivity contribution < 1.29 is 8.78 Å². The van der Waals surface area contributed by atoms with Gasteiger partial charge in [-0.25, -0.2) is 8.78 Å². The van der Waals surface area contributed by atoms with Crippen LogP contribution in [0.2, 0.25) is 0 Å². The van der Waals surface area contributed by atoms with Gasteiger partial charge in [0, 0.05) is 24.5 Å². The highest BCUT2D eigenvalue weighted by molar-refractivity contribution is 5.52. The van der Waals surface area contributed by atoms with E-state index < -0.39 is 0 Å². The summed E-state index contributed by atoms with van der Waals surface area (Å²) in [5.74, 6) is -0.627. The number of nitrogens with two attached hydrogens (primary N) is 1. The Morgan fingerprint density at radius 3 is 2.42 bits per heavy atom. The summed E-state index contributed by atoms with van der Waals surface area (Å²) in [6.07, 6.45) is 0. The van der Waals surface area contributed by atoms with Crippen molar-refractivity contribution in [2.45, 2.75) is 13.5 Å². The summed E-state index contributed by atoms with van der Waals surface area (Å²) in [5.41, 5.74) is 7.81. The van der Waals surface area contributed by atoms with Crippen LogP contribution in [0.1, 0.15) is 12.5 Å². The second-order valence-electron chi connectivity index (χ2n) is 4.34. The zero-order chi connectivity index (χ0) is 13.8. The fourth-order valence-electron chi connectivity index (χ4n) is 1.97. The lowest BCUT2D eigenvalue weighted by Crippen LogP contribution is -2.22. The van der Waals surface area contributed by atoms with Gasteiger partial charge in [0.25, 0.3) is 0 Å². The van der Waals surface area contributed by atoms with E-state index in [4.69, 9.17) is 5.73 Å². The molecule has 2 rings (SSSR count). The Balaban J connectivity index is 2.24. The van der Waals surface area contributed by atoms with Gasteiger partial charge >= 0.3 is 0 Å². The number of nitrogen functional groups attached to an aromatic ring is 1. The molecular formula is C15H16F2N2. The third-order valence-corrected chi connectivity index (χ3v) is 3.02. The molecule has 0 radical (unpaired) electrons. The van der Waals surface area contributed by atoms with Crippen LogP contribution in [0.4, 0.5) is 20.2 Å². The first kappa shape index (κ1) is 13.3. The summed E-state index contributed by atoms with van der Waals surface area (Å²) in [4.78, 5) is 1.98. The molecule has 0 aliphatic heterocycles. The Morgan fingerprint density at radius 2 is 1.79 bits per heavy atom. The lowest BCUT2D eigenvalue weighted by Gasteiger charge is -2.24. The van der Waals surface area contributed by atoms with Crippen LogP contribution in [0.15, 0.2) is 42.5 Å². The molecule has 0 heterocycles. The first-order valence-electron chi connectivity index (χ1n) is 6.14. The molecule has 0 unspecified atom stereocenters. The standard InChI is InChI=1S/C15H16F2N2/c1-2-19(14-5-3-4-12(16)8-14)10-11-6-7-13(17)9-15(11)18/h3-9H,2,10,18H2,1H3. The van der Waals surface area contributed by atoms with Crippen molar-refractivity contribution in [3.63, 3.8) is 0 Å². The highest BCUT2D eigenvalue weighted by atomic mass is 19.1. The summed E-state index contributed by atoms with van der Waals surface area (Å²) in [7, 11) is 0. The van der Waals surface area contributed by atoms with E-state index in [0.717, 1.165) is 11.3 Å². The third kappa shape index (κ3) is 3.22. The van der Waals surface area contributed by atoms with Gasteiger partial charge in [-0.15, -0.1) is 0 Å². The van der Waals surface area contributed by atoms with Crippen LogP contribution in [0.3, 0.4) is 0 Å². The van der Waals surface area contributed by atoms with Gasteiger partial charge in [0.05, 0.1) is 0 Å². The highest BCUT2D eigenvalue weighted by Crippen LogP contribution is 2.21. The second-order valence-corrected chi connectivity index (χ2v) is 4.34. The van der Waals surface area contributed by atoms with Crippen molar-refractivity contribution in [3.05, 3.63) is 59.7 Å². The Labute approximate surface area is 111 Å². The number of anilines is 2. The maximum Gasteiger partial charge on any atom is 0.125 e. The molecule has 0 saturated heterocycles. The summed E-state index contributed by atoms with van der Waals surface area (Å²) in [6.45, 7) is 3.21. The van der Waals surface area contributed by atoms with E-state index in [-0.39, 0.29) is 11.6 Å². The minimum absolute atomic E-state index is 0.275. The lowest BCUT2D eigenvalue weighted by atomic mass is 10.1. The molecule has 2 nitrogen and oxygen atoms in total. The monoisotopic (exact) mass is 262 g/mol. The minimum Gasteiger partial charge on any atom is -0.398 e. The van der Waals surface area contributed by atoms with Gasteiger partial charge in [-0.1, -0.05) is 12.1 Å². The average molecular weight is 262 g/mol. The van der Waals surface area contributed by atoms with Crippen molar-refractivity contribution in [1.29, 1.82) is 0 Å². The summed E-state index contributed by atoms with van der Waals surface area (Å²) in [6, 6.07) is 10.7. The Bertz CT molecular complexity index is 570. The van der Waals surface area contributed by atoms with Gasteiger partial charge in [-0.2, -0.15) is 0 Å². The van der Waals surface area contributed by atoms with Crippen LogP contribution in [-0.2, 0) is 6.54 Å². The molecular weight excluding hydrogens is 246 g/mol. The molecule has 0 saturated carbocycles. The largest absolute Gasteiger partial charge is 0.398 e. The maximum atomic E-state index is 13.2. The maximum absolute atomic E-state index is 13.2. The first-order chi connectivity index (χ1) is 9.10. The van der Waals surface area contributed by atoms with Crippen LogP contribution in [0.5, 0.6) is 0 Å². The van der Waals surface area contributed by atoms with Gasteiger partial charge in [0.2, 0.25) is 0 Å². The molecule has 2 N–H and O–H groups in total. The zero-order valence-corrected chi connectivity index (χ0v) is 10.7. The fourth-order valence-corrected chi connectivity index (χ4v) is 1.97. The molecule has 19 heavy (non-hydrogen) atoms. The number of halogens is 2. The summed E-state index contributed by atoms with van der Waals surface area (Å²) >= 11 is 0. The van der Waals surface area contributed by atoms with E-state index in [1.807, 2.05) is 17.9 Å². The van der Waals surface area contributed by atoms with Gasteiger partial charge in [0.1, 0.15) is 11.6 Å². The number of benzene rings is 2. The predicted octanol–water partition coefficient (Wildman–Crippen LogP) is 3.57. The van der Waals surface area contributed by atoms with Crippen LogP contribution < -0.4 is 10.6 Å². The molecule has 2 aromatic rings. The number of rotatable bonds is 4. The Morgan fingerprint density at radius 1 is 1.05 bits per heavy atom. The van der Waals surface area contributed by atoms with Crippen LogP contribution in [0, 0.1) is 11.6 Å². The van der Waals surface area contributed by atoms with Crippen molar-refractivity contribution in [1.82, 2.24) is 0 Å². The van der Waals surface area contributed by atoms with E-state index in [1.165, 1.54) is 24.3 Å². The van der Waals surface area contributed by atoms with Crippen LogP contribution in [-0.4, -0.2) is 6.54 Å². The molecule has 0 atom stereocenters. The van der Waals surface area contributed by atoms with Crippen molar-refractivity contribution in [2.24, 2.45) is 0 Å². The van der Waals surface area contributed by atoms with Crippen LogP contribution >= 0.6 is 0 Å². The van der Waals surface area contributed by atoms with Gasteiger partial charge < -0.3 is 10.6 Å². The molecule has 0 bridgehead atoms. The lowest BCUT2D eigenvalue weighted by molar-refractivity contribution is 0.626. The molecule has 0 aliphatic rings. The van der Waals surface area contributed by atoms with E-state index in [1.54, 1.807) is 12.1 Å². The first-order valence-corrected chi connectivity index (χ1v) is 6.14. The zero-order valence-electron chi connectivity index (χ0n) is 10.7. The number of nitrogens with zero attached hydrogens (tertiary/aromatic N) is 1. The molecule has 2 aromatic carbocycles. The normalized spacial score (nSPS) is 10.5. The summed E-state index contributed by atoms with van der Waals surface area (Å²) in [5, 5.41) is 0. The van der Waals surface area contributed by atoms with E-state index in [0.29, 0.717) is 18.8 Å². The minimum atomic E-state index is -0.352. The van der Waals surface area contributed by atoms with E-state index >= 15 is 0 Å². The third-order valence-electron chi connectivity index (χ3n) is 3.02. The smallest absolute Gasteiger partial charge is 0.125 e. The molecule has 4 heteroatoms. The number of hydrogen-bond donors (Lipinski definition) is 1. The SMILES string of the molecule is CCN(Cc1ccc(F)cc1N)c1cccc(F)c1. The van der Waals surface area contributed by atoms with Crippen molar-refractivity contribution >= 4 is 11.4 Å². The van der Waals surface area contributed by atoms with E-state index in [2.05, 4.69) is 0 Å². The predicted molar refractivity (Wildman–Crippen MR) is 73.9 cm³/mol. The van der Waals surface area contributed by atoms with Gasteiger partial charge in [-0.05, 0) is 42.8 Å². The quantitative estimate of drug-likeness (QED) is 0.853. The molecule has 100 valence electrons. The topological polar surface area (TPSA) is 29.3 Å². The fraction of sp³-hybridized carbons (Fsp3) is 0.200. The molecule has 0 spiro atoms. The average Bonchev–Trinajstić information content (AvgIpc) is 2.38. The Kier molecular flexibility index (Phi) is 4.00.